The van der Waals surface area contributed by atoms with E-state index in [-0.39, 0.29) is 17.1 Å². The molecule has 1 amide bonds. The fourth-order valence-electron chi connectivity index (χ4n) is 2.60. The summed E-state index contributed by atoms with van der Waals surface area (Å²) in [6, 6.07) is 0. The second kappa shape index (κ2) is 7.60. The third-order valence-corrected chi connectivity index (χ3v) is 4.37. The molecular formula is C18H31NO3. The normalized spacial score (nSPS) is 29.8. The Kier molecular flexibility index (Phi) is 6.04. The van der Waals surface area contributed by atoms with Gasteiger partial charge in [0.25, 0.3) is 0 Å². The van der Waals surface area contributed by atoms with E-state index in [0.717, 1.165) is 19.6 Å². The van der Waals surface area contributed by atoms with Crippen LogP contribution in [0.15, 0.2) is 12.2 Å². The summed E-state index contributed by atoms with van der Waals surface area (Å²) in [6.45, 7) is 9.14. The third-order valence-electron chi connectivity index (χ3n) is 4.37. The van der Waals surface area contributed by atoms with E-state index >= 15 is 0 Å². The summed E-state index contributed by atoms with van der Waals surface area (Å²) in [4.78, 5) is 14.3. The first-order valence-corrected chi connectivity index (χ1v) is 8.70. The second-order valence-corrected chi connectivity index (χ2v) is 7.28. The summed E-state index contributed by atoms with van der Waals surface area (Å²) in [5.41, 5.74) is -0.288. The van der Waals surface area contributed by atoms with Gasteiger partial charge < -0.3 is 14.4 Å². The Labute approximate surface area is 134 Å². The lowest BCUT2D eigenvalue weighted by Crippen LogP contribution is -2.42. The fraction of sp³-hybridized carbons (Fsp3) is 0.833. The third kappa shape index (κ3) is 6.09. The molecule has 0 aliphatic carbocycles. The molecule has 2 heterocycles. The number of allylic oxidation sites excluding steroid dienone is 1. The zero-order chi connectivity index (χ0) is 16.1. The van der Waals surface area contributed by atoms with E-state index in [1.807, 2.05) is 11.0 Å². The van der Waals surface area contributed by atoms with Gasteiger partial charge >= 0.3 is 0 Å². The number of unbranched alkanes of at least 4 members (excludes halogenated alkanes) is 5. The molecule has 0 spiro atoms. The molecule has 0 N–H and O–H groups in total. The van der Waals surface area contributed by atoms with Crippen LogP contribution in [0.4, 0.5) is 0 Å². The van der Waals surface area contributed by atoms with E-state index in [2.05, 4.69) is 20.8 Å². The molecule has 2 fully saturated rings. The molecule has 0 aromatic rings. The standard InChI is InChI=1S/C18H31NO3/c1-4-5-6-7-8-9-10-11-16(20)19(12-17(2)14-21-17)13-18(3)15-22-18/h10-11H,4-9,12-15H2,1-3H3. The second-order valence-electron chi connectivity index (χ2n) is 7.28. The highest BCUT2D eigenvalue weighted by Gasteiger charge is 2.46. The van der Waals surface area contributed by atoms with Crippen molar-refractivity contribution in [2.45, 2.75) is 70.5 Å². The van der Waals surface area contributed by atoms with Crippen molar-refractivity contribution in [3.05, 3.63) is 12.2 Å². The van der Waals surface area contributed by atoms with Crippen molar-refractivity contribution in [2.75, 3.05) is 26.3 Å². The van der Waals surface area contributed by atoms with Gasteiger partial charge in [-0.1, -0.05) is 38.7 Å². The number of carbonyl (C=O) groups excluding carboxylic acids is 1. The number of rotatable bonds is 11. The minimum atomic E-state index is -0.144. The summed E-state index contributed by atoms with van der Waals surface area (Å²) in [6.07, 6.45) is 11.1. The number of amides is 1. The molecule has 2 saturated heterocycles. The molecule has 2 unspecified atom stereocenters. The lowest BCUT2D eigenvalue weighted by atomic mass is 10.1. The van der Waals surface area contributed by atoms with E-state index < -0.39 is 0 Å². The highest BCUT2D eigenvalue weighted by Crippen LogP contribution is 2.31. The molecule has 126 valence electrons. The van der Waals surface area contributed by atoms with E-state index in [1.54, 1.807) is 6.08 Å². The van der Waals surface area contributed by atoms with Crippen LogP contribution in [0.25, 0.3) is 0 Å². The number of carbonyl (C=O) groups is 1. The summed E-state index contributed by atoms with van der Waals surface area (Å²) in [5.74, 6) is 0.0852. The van der Waals surface area contributed by atoms with Crippen LogP contribution in [0.5, 0.6) is 0 Å². The Morgan fingerprint density at radius 3 is 2.09 bits per heavy atom. The monoisotopic (exact) mass is 309 g/mol. The van der Waals surface area contributed by atoms with Crippen LogP contribution in [0, 0.1) is 0 Å². The highest BCUT2D eigenvalue weighted by atomic mass is 16.6. The molecule has 0 aromatic heterocycles. The zero-order valence-corrected chi connectivity index (χ0v) is 14.4. The van der Waals surface area contributed by atoms with Gasteiger partial charge in [0.2, 0.25) is 5.91 Å². The summed E-state index contributed by atoms with van der Waals surface area (Å²) in [5, 5.41) is 0. The van der Waals surface area contributed by atoms with Crippen LogP contribution in [0.1, 0.15) is 59.3 Å². The van der Waals surface area contributed by atoms with E-state index in [4.69, 9.17) is 9.47 Å². The van der Waals surface area contributed by atoms with Gasteiger partial charge in [0, 0.05) is 0 Å². The van der Waals surface area contributed by atoms with Crippen LogP contribution < -0.4 is 0 Å². The average molecular weight is 309 g/mol. The maximum absolute atomic E-state index is 12.4. The van der Waals surface area contributed by atoms with Crippen molar-refractivity contribution in [1.29, 1.82) is 0 Å². The fourth-order valence-corrected chi connectivity index (χ4v) is 2.60. The van der Waals surface area contributed by atoms with Crippen LogP contribution >= 0.6 is 0 Å². The number of ether oxygens (including phenoxy) is 2. The lowest BCUT2D eigenvalue weighted by Gasteiger charge is -2.25. The van der Waals surface area contributed by atoms with Gasteiger partial charge in [0.15, 0.2) is 0 Å². The van der Waals surface area contributed by atoms with Gasteiger partial charge in [0.1, 0.15) is 11.2 Å². The summed E-state index contributed by atoms with van der Waals surface area (Å²) in [7, 11) is 0. The van der Waals surface area contributed by atoms with Crippen LogP contribution in [-0.2, 0) is 14.3 Å². The molecule has 0 bridgehead atoms. The summed E-state index contributed by atoms with van der Waals surface area (Å²) >= 11 is 0. The SMILES string of the molecule is CCCCCCCC=CC(=O)N(CC1(C)CO1)CC1(C)CO1. The van der Waals surface area contributed by atoms with Crippen LogP contribution in [-0.4, -0.2) is 48.3 Å². The van der Waals surface area contributed by atoms with Gasteiger partial charge in [0.05, 0.1) is 26.3 Å². The zero-order valence-electron chi connectivity index (χ0n) is 14.4. The molecule has 0 aromatic carbocycles. The first kappa shape index (κ1) is 17.5. The van der Waals surface area contributed by atoms with Gasteiger partial charge in [-0.25, -0.2) is 0 Å². The molecule has 2 atom stereocenters. The van der Waals surface area contributed by atoms with Gasteiger partial charge in [-0.15, -0.1) is 0 Å². The van der Waals surface area contributed by atoms with E-state index in [1.165, 1.54) is 32.1 Å². The first-order valence-electron chi connectivity index (χ1n) is 8.70. The molecule has 4 nitrogen and oxygen atoms in total. The number of hydrogen-bond donors (Lipinski definition) is 0. The van der Waals surface area contributed by atoms with Gasteiger partial charge in [-0.3, -0.25) is 4.79 Å². The van der Waals surface area contributed by atoms with Crippen LogP contribution in [0.2, 0.25) is 0 Å². The highest BCUT2D eigenvalue weighted by molar-refractivity contribution is 5.87. The topological polar surface area (TPSA) is 45.4 Å². The molecule has 4 heteroatoms. The predicted octanol–water partition coefficient (Wildman–Crippen LogP) is 3.31. The minimum Gasteiger partial charge on any atom is -0.368 e. The van der Waals surface area contributed by atoms with Crippen molar-refractivity contribution >= 4 is 5.91 Å². The van der Waals surface area contributed by atoms with Crippen molar-refractivity contribution in [3.8, 4) is 0 Å². The number of hydrogen-bond acceptors (Lipinski definition) is 3. The largest absolute Gasteiger partial charge is 0.368 e. The molecule has 22 heavy (non-hydrogen) atoms. The number of epoxide rings is 2. The Morgan fingerprint density at radius 2 is 1.59 bits per heavy atom. The first-order chi connectivity index (χ1) is 10.5. The Bertz CT molecular complexity index is 377. The molecule has 2 rings (SSSR count). The maximum Gasteiger partial charge on any atom is 0.246 e. The van der Waals surface area contributed by atoms with Gasteiger partial charge in [-0.2, -0.15) is 0 Å². The maximum atomic E-state index is 12.4. The predicted molar refractivity (Wildman–Crippen MR) is 87.8 cm³/mol. The molecule has 2 aliphatic heterocycles. The van der Waals surface area contributed by atoms with Gasteiger partial charge in [-0.05, 0) is 32.8 Å². The Morgan fingerprint density at radius 1 is 1.05 bits per heavy atom. The van der Waals surface area contributed by atoms with Crippen LogP contribution in [0.3, 0.4) is 0 Å². The molecule has 0 saturated carbocycles. The molecular weight excluding hydrogens is 278 g/mol. The Balaban J connectivity index is 1.73. The summed E-state index contributed by atoms with van der Waals surface area (Å²) < 4.78 is 10.9. The van der Waals surface area contributed by atoms with Crippen molar-refractivity contribution in [2.24, 2.45) is 0 Å². The smallest absolute Gasteiger partial charge is 0.246 e. The van der Waals surface area contributed by atoms with Crippen molar-refractivity contribution in [1.82, 2.24) is 4.90 Å². The van der Waals surface area contributed by atoms with Crippen molar-refractivity contribution in [3.63, 3.8) is 0 Å². The molecule has 0 radical (unpaired) electrons. The van der Waals surface area contributed by atoms with E-state index in [0.29, 0.717) is 13.1 Å². The average Bonchev–Trinajstić information content (AvgIpc) is 3.38. The number of nitrogens with zero attached hydrogens (tertiary/aromatic N) is 1. The quantitative estimate of drug-likeness (QED) is 0.334. The Hall–Kier alpha value is -0.870. The minimum absolute atomic E-state index is 0.0852. The molecule has 2 aliphatic rings. The van der Waals surface area contributed by atoms with E-state index in [9.17, 15) is 4.79 Å². The van der Waals surface area contributed by atoms with Crippen molar-refractivity contribution < 1.29 is 14.3 Å². The lowest BCUT2D eigenvalue weighted by molar-refractivity contribution is -0.127.